The van der Waals surface area contributed by atoms with E-state index in [-0.39, 0.29) is 30.0 Å². The minimum absolute atomic E-state index is 0. The van der Waals surface area contributed by atoms with Crippen LogP contribution in [0.1, 0.15) is 50.8 Å². The highest BCUT2D eigenvalue weighted by atomic mass is 127. The third-order valence-electron chi connectivity index (χ3n) is 5.29. The summed E-state index contributed by atoms with van der Waals surface area (Å²) in [5, 5.41) is 3.48. The zero-order chi connectivity index (χ0) is 19.6. The lowest BCUT2D eigenvalue weighted by Crippen LogP contribution is -2.47. The first-order valence-corrected chi connectivity index (χ1v) is 10.5. The van der Waals surface area contributed by atoms with Crippen molar-refractivity contribution in [1.29, 1.82) is 0 Å². The number of guanidine groups is 1. The van der Waals surface area contributed by atoms with Crippen molar-refractivity contribution in [3.05, 3.63) is 35.4 Å². The molecule has 0 bridgehead atoms. The second-order valence-electron chi connectivity index (χ2n) is 7.41. The van der Waals surface area contributed by atoms with Gasteiger partial charge in [0.2, 0.25) is 0 Å². The zero-order valence-electron chi connectivity index (χ0n) is 18.3. The minimum Gasteiger partial charge on any atom is -0.378 e. The van der Waals surface area contributed by atoms with Gasteiger partial charge in [0.1, 0.15) is 0 Å². The number of hydrogen-bond donors (Lipinski definition) is 1. The minimum atomic E-state index is 0. The van der Waals surface area contributed by atoms with Gasteiger partial charge in [0.05, 0.1) is 18.7 Å². The van der Waals surface area contributed by atoms with Crippen molar-refractivity contribution in [3.8, 4) is 0 Å². The summed E-state index contributed by atoms with van der Waals surface area (Å²) >= 11 is 0. The highest BCUT2D eigenvalue weighted by Crippen LogP contribution is 2.20. The molecule has 1 aliphatic rings. The van der Waals surface area contributed by atoms with Gasteiger partial charge >= 0.3 is 0 Å². The third kappa shape index (κ3) is 7.52. The van der Waals surface area contributed by atoms with Gasteiger partial charge in [-0.15, -0.1) is 24.0 Å². The highest BCUT2D eigenvalue weighted by molar-refractivity contribution is 14.0. The van der Waals surface area contributed by atoms with Crippen LogP contribution in [-0.4, -0.2) is 68.7 Å². The fraction of sp³-hybridized carbons (Fsp3) is 0.682. The van der Waals surface area contributed by atoms with Crippen molar-refractivity contribution >= 4 is 29.9 Å². The van der Waals surface area contributed by atoms with Gasteiger partial charge in [-0.3, -0.25) is 4.99 Å². The third-order valence-corrected chi connectivity index (χ3v) is 5.29. The Kier molecular flexibility index (Phi) is 12.0. The average Bonchev–Trinajstić information content (AvgIpc) is 2.68. The van der Waals surface area contributed by atoms with E-state index in [9.17, 15) is 0 Å². The number of nitrogens with zero attached hydrogens (tertiary/aromatic N) is 3. The number of hydrogen-bond acceptors (Lipinski definition) is 3. The largest absolute Gasteiger partial charge is 0.378 e. The molecule has 1 unspecified atom stereocenters. The quantitative estimate of drug-likeness (QED) is 0.332. The molecule has 1 fully saturated rings. The normalized spacial score (nSPS) is 16.8. The Labute approximate surface area is 188 Å². The maximum Gasteiger partial charge on any atom is 0.193 e. The zero-order valence-corrected chi connectivity index (χ0v) is 20.6. The Bertz CT molecular complexity index is 568. The van der Waals surface area contributed by atoms with Crippen molar-refractivity contribution in [1.82, 2.24) is 15.1 Å². The van der Waals surface area contributed by atoms with Crippen molar-refractivity contribution in [2.75, 3.05) is 46.9 Å². The molecule has 5 nitrogen and oxygen atoms in total. The van der Waals surface area contributed by atoms with Crippen LogP contribution in [-0.2, 0) is 11.2 Å². The van der Waals surface area contributed by atoms with E-state index in [1.807, 2.05) is 0 Å². The first-order chi connectivity index (χ1) is 13.1. The molecule has 0 amide bonds. The molecule has 1 heterocycles. The predicted octanol–water partition coefficient (Wildman–Crippen LogP) is 3.94. The molecule has 1 aliphatic heterocycles. The summed E-state index contributed by atoms with van der Waals surface area (Å²) in [6, 6.07) is 9.25. The average molecular weight is 502 g/mol. The van der Waals surface area contributed by atoms with Crippen molar-refractivity contribution in [2.24, 2.45) is 4.99 Å². The first-order valence-electron chi connectivity index (χ1n) is 10.5. The van der Waals surface area contributed by atoms with Crippen LogP contribution in [0, 0.1) is 0 Å². The molecule has 1 aromatic carbocycles. The number of nitrogens with one attached hydrogen (secondary N) is 1. The molecular weight excluding hydrogens is 463 g/mol. The standard InChI is InChI=1S/C22H38N4O.HI/c1-6-18-9-11-19(12-10-18)21(25(4)5)17-24-22(23-7-2)26-15-13-20(14-16-26)27-8-3;/h9-12,20-21H,6-8,13-17H2,1-5H3,(H,23,24);1H. The predicted molar refractivity (Wildman–Crippen MR) is 130 cm³/mol. The molecule has 1 aromatic rings. The molecule has 0 spiro atoms. The van der Waals surface area contributed by atoms with Gasteiger partial charge in [0.15, 0.2) is 5.96 Å². The van der Waals surface area contributed by atoms with E-state index in [0.29, 0.717) is 6.10 Å². The number of aryl methyl sites for hydroxylation is 1. The van der Waals surface area contributed by atoms with Crippen LogP contribution >= 0.6 is 24.0 Å². The fourth-order valence-electron chi connectivity index (χ4n) is 3.61. The fourth-order valence-corrected chi connectivity index (χ4v) is 3.61. The maximum atomic E-state index is 5.78. The lowest BCUT2D eigenvalue weighted by molar-refractivity contribution is 0.0263. The van der Waals surface area contributed by atoms with E-state index in [0.717, 1.165) is 58.0 Å². The van der Waals surface area contributed by atoms with E-state index in [1.165, 1.54) is 11.1 Å². The van der Waals surface area contributed by atoms with Gasteiger partial charge in [-0.2, -0.15) is 0 Å². The van der Waals surface area contributed by atoms with Crippen LogP contribution in [0.5, 0.6) is 0 Å². The topological polar surface area (TPSA) is 40.1 Å². The smallest absolute Gasteiger partial charge is 0.193 e. The summed E-state index contributed by atoms with van der Waals surface area (Å²) in [4.78, 5) is 9.64. The lowest BCUT2D eigenvalue weighted by atomic mass is 10.0. The Hall–Kier alpha value is -0.860. The Morgan fingerprint density at radius 3 is 2.32 bits per heavy atom. The number of aliphatic imine (C=N–C) groups is 1. The molecule has 1 N–H and O–H groups in total. The van der Waals surface area contributed by atoms with Gasteiger partial charge in [-0.1, -0.05) is 31.2 Å². The number of piperidine rings is 1. The van der Waals surface area contributed by atoms with Crippen molar-refractivity contribution in [3.63, 3.8) is 0 Å². The summed E-state index contributed by atoms with van der Waals surface area (Å²) in [5.74, 6) is 1.03. The van der Waals surface area contributed by atoms with E-state index < -0.39 is 0 Å². The van der Waals surface area contributed by atoms with Crippen molar-refractivity contribution in [2.45, 2.75) is 52.2 Å². The van der Waals surface area contributed by atoms with Gasteiger partial charge in [-0.05, 0) is 58.3 Å². The Morgan fingerprint density at radius 1 is 1.18 bits per heavy atom. The number of likely N-dealkylation sites (tertiary alicyclic amines) is 1. The summed E-state index contributed by atoms with van der Waals surface area (Å²) in [7, 11) is 4.27. The second-order valence-corrected chi connectivity index (χ2v) is 7.41. The molecular formula is C22H39IN4O. The van der Waals surface area contributed by atoms with Crippen LogP contribution in [0.2, 0.25) is 0 Å². The monoisotopic (exact) mass is 502 g/mol. The van der Waals surface area contributed by atoms with Crippen LogP contribution in [0.3, 0.4) is 0 Å². The van der Waals surface area contributed by atoms with E-state index in [4.69, 9.17) is 9.73 Å². The number of halogens is 1. The number of benzene rings is 1. The summed E-state index contributed by atoms with van der Waals surface area (Å²) in [6.45, 7) is 10.9. The van der Waals surface area contributed by atoms with E-state index in [2.05, 4.69) is 74.2 Å². The molecule has 0 aromatic heterocycles. The number of likely N-dealkylation sites (N-methyl/N-ethyl adjacent to an activating group) is 1. The van der Waals surface area contributed by atoms with Crippen LogP contribution in [0.25, 0.3) is 0 Å². The summed E-state index contributed by atoms with van der Waals surface area (Å²) in [5.41, 5.74) is 2.71. The number of ether oxygens (including phenoxy) is 1. The van der Waals surface area contributed by atoms with E-state index >= 15 is 0 Å². The molecule has 6 heteroatoms. The molecule has 0 saturated carbocycles. The molecule has 0 radical (unpaired) electrons. The van der Waals surface area contributed by atoms with Crippen LogP contribution < -0.4 is 5.32 Å². The first kappa shape index (κ1) is 25.2. The SMILES string of the molecule is CCNC(=NCC(c1ccc(CC)cc1)N(C)C)N1CCC(OCC)CC1.I. The van der Waals surface area contributed by atoms with Crippen LogP contribution in [0.15, 0.2) is 29.3 Å². The van der Waals surface area contributed by atoms with Crippen LogP contribution in [0.4, 0.5) is 0 Å². The molecule has 1 saturated heterocycles. The van der Waals surface area contributed by atoms with Gasteiger partial charge in [0, 0.05) is 26.2 Å². The van der Waals surface area contributed by atoms with Gasteiger partial charge < -0.3 is 19.9 Å². The van der Waals surface area contributed by atoms with E-state index in [1.54, 1.807) is 0 Å². The Morgan fingerprint density at radius 2 is 1.82 bits per heavy atom. The Balaban J connectivity index is 0.00000392. The maximum absolute atomic E-state index is 5.78. The lowest BCUT2D eigenvalue weighted by Gasteiger charge is -2.34. The highest BCUT2D eigenvalue weighted by Gasteiger charge is 2.22. The molecule has 160 valence electrons. The number of rotatable bonds is 8. The molecule has 0 aliphatic carbocycles. The van der Waals surface area contributed by atoms with Gasteiger partial charge in [-0.25, -0.2) is 0 Å². The summed E-state index contributed by atoms with van der Waals surface area (Å²) < 4.78 is 5.78. The summed E-state index contributed by atoms with van der Waals surface area (Å²) in [6.07, 6.45) is 3.63. The molecule has 2 rings (SSSR count). The molecule has 1 atom stereocenters. The molecule has 28 heavy (non-hydrogen) atoms. The van der Waals surface area contributed by atoms with Gasteiger partial charge in [0.25, 0.3) is 0 Å². The second kappa shape index (κ2) is 13.4. The van der Waals surface area contributed by atoms with Crippen molar-refractivity contribution < 1.29 is 4.74 Å².